The van der Waals surface area contributed by atoms with Crippen molar-refractivity contribution in [3.05, 3.63) is 41.5 Å². The van der Waals surface area contributed by atoms with E-state index in [4.69, 9.17) is 10.5 Å². The highest BCUT2D eigenvalue weighted by molar-refractivity contribution is 7.98. The predicted octanol–water partition coefficient (Wildman–Crippen LogP) is 3.23. The highest BCUT2D eigenvalue weighted by atomic mass is 32.2. The van der Waals surface area contributed by atoms with Crippen LogP contribution in [0.4, 0.5) is 0 Å². The van der Waals surface area contributed by atoms with Crippen LogP contribution in [0.3, 0.4) is 0 Å². The van der Waals surface area contributed by atoms with Gasteiger partial charge >= 0.3 is 0 Å². The van der Waals surface area contributed by atoms with Gasteiger partial charge in [-0.3, -0.25) is 0 Å². The van der Waals surface area contributed by atoms with Crippen LogP contribution in [-0.4, -0.2) is 16.5 Å². The molecule has 0 aliphatic carbocycles. The van der Waals surface area contributed by atoms with Gasteiger partial charge in [0.1, 0.15) is 0 Å². The first-order valence-electron chi connectivity index (χ1n) is 5.66. The number of aromatic hydroxyl groups is 2. The van der Waals surface area contributed by atoms with Crippen LogP contribution in [-0.2, 0) is 0 Å². The molecule has 0 unspecified atom stereocenters. The Kier molecular flexibility index (Phi) is 3.84. The molecule has 0 radical (unpaired) electrons. The molecule has 0 saturated carbocycles. The molecule has 0 fully saturated rings. The molecule has 2 N–H and O–H groups in total. The van der Waals surface area contributed by atoms with Crippen LogP contribution >= 0.6 is 11.8 Å². The predicted molar refractivity (Wildman–Crippen MR) is 76.4 cm³/mol. The van der Waals surface area contributed by atoms with Crippen molar-refractivity contribution >= 4 is 11.8 Å². The summed E-state index contributed by atoms with van der Waals surface area (Å²) in [5, 5.41) is 38.4. The standard InChI is InChI=1S/C15H10N2O2S/c1-20-12-6-5-11(14(18)15(12)19)13-9(7-16)3-2-4-10(13)8-17/h2-6,18-19H,1H3. The van der Waals surface area contributed by atoms with E-state index in [1.54, 1.807) is 36.6 Å². The molecule has 2 aromatic carbocycles. The lowest BCUT2D eigenvalue weighted by molar-refractivity contribution is 0.396. The van der Waals surface area contributed by atoms with Crippen molar-refractivity contribution in [2.75, 3.05) is 6.26 Å². The fourth-order valence-corrected chi connectivity index (χ4v) is 2.45. The molecule has 4 nitrogen and oxygen atoms in total. The van der Waals surface area contributed by atoms with Gasteiger partial charge < -0.3 is 10.2 Å². The largest absolute Gasteiger partial charge is 0.504 e. The molecule has 0 atom stereocenters. The number of benzene rings is 2. The lowest BCUT2D eigenvalue weighted by Gasteiger charge is -2.11. The minimum Gasteiger partial charge on any atom is -0.504 e. The van der Waals surface area contributed by atoms with Crippen LogP contribution in [0.5, 0.6) is 11.5 Å². The maximum atomic E-state index is 10.1. The molecule has 20 heavy (non-hydrogen) atoms. The van der Waals surface area contributed by atoms with Crippen LogP contribution in [0.2, 0.25) is 0 Å². The molecule has 2 aromatic rings. The zero-order valence-electron chi connectivity index (χ0n) is 10.6. The van der Waals surface area contributed by atoms with E-state index in [0.717, 1.165) is 0 Å². The maximum absolute atomic E-state index is 10.1. The van der Waals surface area contributed by atoms with Crippen LogP contribution in [0.15, 0.2) is 35.2 Å². The molecule has 98 valence electrons. The first-order chi connectivity index (χ1) is 9.63. The molecule has 0 aliphatic heterocycles. The quantitative estimate of drug-likeness (QED) is 0.652. The van der Waals surface area contributed by atoms with Gasteiger partial charge in [0.2, 0.25) is 0 Å². The summed E-state index contributed by atoms with van der Waals surface area (Å²) in [4.78, 5) is 0.527. The molecule has 5 heteroatoms. The third-order valence-electron chi connectivity index (χ3n) is 2.91. The summed E-state index contributed by atoms with van der Waals surface area (Å²) < 4.78 is 0. The minimum atomic E-state index is -0.323. The maximum Gasteiger partial charge on any atom is 0.171 e. The Morgan fingerprint density at radius 3 is 2.05 bits per heavy atom. The number of phenols is 2. The van der Waals surface area contributed by atoms with Crippen molar-refractivity contribution in [2.45, 2.75) is 4.90 Å². The highest BCUT2D eigenvalue weighted by Crippen LogP contribution is 2.43. The van der Waals surface area contributed by atoms with Gasteiger partial charge in [-0.05, 0) is 30.5 Å². The number of nitrogens with zero attached hydrogens (tertiary/aromatic N) is 2. The Morgan fingerprint density at radius 1 is 0.950 bits per heavy atom. The summed E-state index contributed by atoms with van der Waals surface area (Å²) in [6.45, 7) is 0. The smallest absolute Gasteiger partial charge is 0.171 e. The van der Waals surface area contributed by atoms with Gasteiger partial charge in [0.15, 0.2) is 11.5 Å². The van der Waals surface area contributed by atoms with E-state index >= 15 is 0 Å². The number of thioether (sulfide) groups is 1. The Bertz CT molecular complexity index is 725. The van der Waals surface area contributed by atoms with E-state index in [9.17, 15) is 10.2 Å². The molecule has 0 saturated heterocycles. The average molecular weight is 282 g/mol. The monoisotopic (exact) mass is 282 g/mol. The van der Waals surface area contributed by atoms with Crippen LogP contribution in [0.1, 0.15) is 11.1 Å². The van der Waals surface area contributed by atoms with Crippen molar-refractivity contribution in [2.24, 2.45) is 0 Å². The molecule has 0 spiro atoms. The van der Waals surface area contributed by atoms with Gasteiger partial charge in [0.05, 0.1) is 28.2 Å². The van der Waals surface area contributed by atoms with E-state index in [-0.39, 0.29) is 28.2 Å². The normalized spacial score (nSPS) is 9.75. The third-order valence-corrected chi connectivity index (χ3v) is 3.68. The van der Waals surface area contributed by atoms with Crippen LogP contribution in [0, 0.1) is 22.7 Å². The number of hydrogen-bond donors (Lipinski definition) is 2. The number of rotatable bonds is 2. The molecule has 0 bridgehead atoms. The second-order valence-corrected chi connectivity index (χ2v) is 4.81. The molecular formula is C15H10N2O2S. The van der Waals surface area contributed by atoms with Crippen molar-refractivity contribution in [1.82, 2.24) is 0 Å². The number of hydrogen-bond acceptors (Lipinski definition) is 5. The fourth-order valence-electron chi connectivity index (χ4n) is 1.96. The Hall–Kier alpha value is -2.63. The zero-order chi connectivity index (χ0) is 14.7. The first kappa shape index (κ1) is 13.8. The molecule has 0 aliphatic rings. The van der Waals surface area contributed by atoms with E-state index in [1.165, 1.54) is 11.8 Å². The summed E-state index contributed by atoms with van der Waals surface area (Å²) in [5.41, 5.74) is 1.15. The number of phenolic OH excluding ortho intramolecular Hbond substituents is 2. The zero-order valence-corrected chi connectivity index (χ0v) is 11.4. The second-order valence-electron chi connectivity index (χ2n) is 3.96. The Balaban J connectivity index is 2.80. The SMILES string of the molecule is CSc1ccc(-c2c(C#N)cccc2C#N)c(O)c1O. The summed E-state index contributed by atoms with van der Waals surface area (Å²) in [7, 11) is 0. The van der Waals surface area contributed by atoms with Crippen molar-refractivity contribution in [3.8, 4) is 34.8 Å². The second kappa shape index (κ2) is 5.56. The molecule has 2 rings (SSSR count). The molecule has 0 aromatic heterocycles. The average Bonchev–Trinajstić information content (AvgIpc) is 2.49. The summed E-state index contributed by atoms with van der Waals surface area (Å²) in [6, 6.07) is 12.0. The van der Waals surface area contributed by atoms with E-state index in [1.807, 2.05) is 12.1 Å². The van der Waals surface area contributed by atoms with Crippen molar-refractivity contribution < 1.29 is 10.2 Å². The van der Waals surface area contributed by atoms with Gasteiger partial charge in [-0.25, -0.2) is 0 Å². The topological polar surface area (TPSA) is 88.0 Å². The Morgan fingerprint density at radius 2 is 1.55 bits per heavy atom. The first-order valence-corrected chi connectivity index (χ1v) is 6.89. The van der Waals surface area contributed by atoms with E-state index in [2.05, 4.69) is 0 Å². The lowest BCUT2D eigenvalue weighted by Crippen LogP contribution is -1.91. The van der Waals surface area contributed by atoms with Gasteiger partial charge in [0.25, 0.3) is 0 Å². The molecule has 0 heterocycles. The summed E-state index contributed by atoms with van der Waals surface area (Å²) >= 11 is 1.29. The van der Waals surface area contributed by atoms with Gasteiger partial charge in [-0.2, -0.15) is 10.5 Å². The number of nitriles is 2. The van der Waals surface area contributed by atoms with Gasteiger partial charge in [-0.15, -0.1) is 11.8 Å². The minimum absolute atomic E-state index is 0.244. The summed E-state index contributed by atoms with van der Waals surface area (Å²) in [5.74, 6) is -0.567. The summed E-state index contributed by atoms with van der Waals surface area (Å²) in [6.07, 6.45) is 1.78. The van der Waals surface area contributed by atoms with E-state index < -0.39 is 0 Å². The van der Waals surface area contributed by atoms with Gasteiger partial charge in [0, 0.05) is 11.1 Å². The lowest BCUT2D eigenvalue weighted by atomic mass is 9.94. The Labute approximate surface area is 120 Å². The van der Waals surface area contributed by atoms with Crippen LogP contribution in [0.25, 0.3) is 11.1 Å². The van der Waals surface area contributed by atoms with E-state index in [0.29, 0.717) is 10.5 Å². The van der Waals surface area contributed by atoms with Crippen LogP contribution < -0.4 is 0 Å². The highest BCUT2D eigenvalue weighted by Gasteiger charge is 2.18. The molecular weight excluding hydrogens is 272 g/mol. The van der Waals surface area contributed by atoms with Gasteiger partial charge in [-0.1, -0.05) is 6.07 Å². The van der Waals surface area contributed by atoms with Crippen molar-refractivity contribution in [3.63, 3.8) is 0 Å². The molecule has 0 amide bonds. The van der Waals surface area contributed by atoms with Crippen molar-refractivity contribution in [1.29, 1.82) is 10.5 Å². The fraction of sp³-hybridized carbons (Fsp3) is 0.0667. The third kappa shape index (κ3) is 2.16.